The van der Waals surface area contributed by atoms with Crippen molar-refractivity contribution in [2.75, 3.05) is 31.5 Å². The first-order valence-electron chi connectivity index (χ1n) is 12.2. The maximum atomic E-state index is 13.7. The summed E-state index contributed by atoms with van der Waals surface area (Å²) >= 11 is 6.16. The van der Waals surface area contributed by atoms with E-state index < -0.39 is 10.0 Å². The highest BCUT2D eigenvalue weighted by atomic mass is 35.5. The normalized spacial score (nSPS) is 18.0. The molecule has 2 aliphatic rings. The van der Waals surface area contributed by atoms with Crippen molar-refractivity contribution in [3.63, 3.8) is 0 Å². The molecule has 35 heavy (non-hydrogen) atoms. The van der Waals surface area contributed by atoms with E-state index in [4.69, 9.17) is 11.6 Å². The van der Waals surface area contributed by atoms with Crippen molar-refractivity contribution < 1.29 is 18.0 Å². The Hall–Kier alpha value is -2.36. The summed E-state index contributed by atoms with van der Waals surface area (Å²) in [6.45, 7) is 7.02. The van der Waals surface area contributed by atoms with Gasteiger partial charge in [-0.25, -0.2) is 8.42 Å². The first-order valence-corrected chi connectivity index (χ1v) is 14.0. The van der Waals surface area contributed by atoms with Gasteiger partial charge in [0.05, 0.1) is 5.56 Å². The number of anilines is 1. The molecule has 0 saturated carbocycles. The topological polar surface area (TPSA) is 103 Å². The Bertz CT molecular complexity index is 1230. The molecule has 2 aliphatic heterocycles. The van der Waals surface area contributed by atoms with E-state index in [2.05, 4.69) is 10.3 Å². The number of H-pyrrole nitrogens is 1. The number of aryl methyl sites for hydroxylation is 2. The number of hydrogen-bond donors (Lipinski definition) is 2. The minimum Gasteiger partial charge on any atom is -0.361 e. The van der Waals surface area contributed by atoms with Gasteiger partial charge in [0.25, 0.3) is 5.91 Å². The monoisotopic (exact) mass is 520 g/mol. The smallest absolute Gasteiger partial charge is 0.257 e. The van der Waals surface area contributed by atoms with Crippen LogP contribution < -0.4 is 5.32 Å². The van der Waals surface area contributed by atoms with Gasteiger partial charge in [-0.2, -0.15) is 4.31 Å². The summed E-state index contributed by atoms with van der Waals surface area (Å²) in [5.41, 5.74) is 2.76. The number of carbonyl (C=O) groups is 2. The molecule has 0 radical (unpaired) electrons. The minimum absolute atomic E-state index is 0.0722. The van der Waals surface area contributed by atoms with Crippen LogP contribution in [0.1, 0.15) is 59.4 Å². The largest absolute Gasteiger partial charge is 0.361 e. The molecule has 0 unspecified atom stereocenters. The van der Waals surface area contributed by atoms with Crippen molar-refractivity contribution in [3.05, 3.63) is 45.7 Å². The van der Waals surface area contributed by atoms with Crippen LogP contribution in [-0.4, -0.2) is 60.6 Å². The second-order valence-corrected chi connectivity index (χ2v) is 11.8. The van der Waals surface area contributed by atoms with Crippen molar-refractivity contribution in [2.24, 2.45) is 5.92 Å². The Kier molecular flexibility index (Phi) is 7.59. The summed E-state index contributed by atoms with van der Waals surface area (Å²) in [7, 11) is -3.90. The molecule has 0 bridgehead atoms. The van der Waals surface area contributed by atoms with Crippen LogP contribution in [0.2, 0.25) is 5.02 Å². The number of likely N-dealkylation sites (tertiary alicyclic amines) is 1. The van der Waals surface area contributed by atoms with Crippen LogP contribution in [0.4, 0.5) is 5.69 Å². The number of nitrogens with zero attached hydrogens (tertiary/aromatic N) is 2. The van der Waals surface area contributed by atoms with Crippen LogP contribution in [0.5, 0.6) is 0 Å². The first-order chi connectivity index (χ1) is 16.6. The summed E-state index contributed by atoms with van der Waals surface area (Å²) in [4.78, 5) is 31.1. The lowest BCUT2D eigenvalue weighted by Gasteiger charge is -2.31. The molecule has 1 aromatic carbocycles. The van der Waals surface area contributed by atoms with Gasteiger partial charge >= 0.3 is 0 Å². The number of sulfonamides is 1. The van der Waals surface area contributed by atoms with E-state index in [1.807, 2.05) is 6.92 Å². The zero-order chi connectivity index (χ0) is 25.3. The maximum Gasteiger partial charge on any atom is 0.257 e. The van der Waals surface area contributed by atoms with Gasteiger partial charge in [-0.15, -0.1) is 0 Å². The highest BCUT2D eigenvalue weighted by Gasteiger charge is 2.38. The fourth-order valence-electron chi connectivity index (χ4n) is 5.06. The highest BCUT2D eigenvalue weighted by molar-refractivity contribution is 7.89. The number of amides is 2. The van der Waals surface area contributed by atoms with Crippen LogP contribution in [0.3, 0.4) is 0 Å². The van der Waals surface area contributed by atoms with Gasteiger partial charge in [0.1, 0.15) is 4.90 Å². The van der Waals surface area contributed by atoms with E-state index in [-0.39, 0.29) is 41.3 Å². The lowest BCUT2D eigenvalue weighted by Crippen LogP contribution is -2.42. The molecular weight excluding hydrogens is 488 g/mol. The SMILES string of the molecule is Cc1[nH]c(C)c(S(=O)(=O)N2CCC(C(=O)Nc3cccc(Cl)c3C)CC2)c1C(=O)N1CCCCC1. The van der Waals surface area contributed by atoms with Crippen LogP contribution >= 0.6 is 11.6 Å². The Balaban J connectivity index is 1.49. The molecule has 0 aliphatic carbocycles. The molecule has 2 aromatic rings. The summed E-state index contributed by atoms with van der Waals surface area (Å²) in [6.07, 6.45) is 3.76. The maximum absolute atomic E-state index is 13.7. The number of aromatic nitrogens is 1. The molecule has 2 amide bonds. The second-order valence-electron chi connectivity index (χ2n) is 9.51. The average molecular weight is 521 g/mol. The fourth-order valence-corrected chi connectivity index (χ4v) is 7.12. The van der Waals surface area contributed by atoms with E-state index >= 15 is 0 Å². The van der Waals surface area contributed by atoms with Crippen molar-refractivity contribution in [1.82, 2.24) is 14.2 Å². The number of piperidine rings is 2. The van der Waals surface area contributed by atoms with Gasteiger partial charge in [0, 0.05) is 54.2 Å². The average Bonchev–Trinajstić information content (AvgIpc) is 3.16. The molecule has 0 atom stereocenters. The van der Waals surface area contributed by atoms with Crippen molar-refractivity contribution >= 4 is 39.1 Å². The van der Waals surface area contributed by atoms with E-state index in [1.165, 1.54) is 4.31 Å². The zero-order valence-corrected chi connectivity index (χ0v) is 22.1. The van der Waals surface area contributed by atoms with Gasteiger partial charge in [-0.3, -0.25) is 9.59 Å². The molecule has 4 rings (SSSR count). The van der Waals surface area contributed by atoms with Crippen LogP contribution in [0.25, 0.3) is 0 Å². The Morgan fingerprint density at radius 3 is 2.31 bits per heavy atom. The third-order valence-corrected chi connectivity index (χ3v) is 9.60. The number of benzene rings is 1. The van der Waals surface area contributed by atoms with Gasteiger partial charge in [-0.05, 0) is 70.6 Å². The third-order valence-electron chi connectivity index (χ3n) is 7.12. The summed E-state index contributed by atoms with van der Waals surface area (Å²) in [5.74, 6) is -0.665. The Morgan fingerprint density at radius 1 is 1.00 bits per heavy atom. The van der Waals surface area contributed by atoms with Gasteiger partial charge in [0.2, 0.25) is 15.9 Å². The molecule has 2 N–H and O–H groups in total. The van der Waals surface area contributed by atoms with E-state index in [1.54, 1.807) is 36.9 Å². The molecule has 2 fully saturated rings. The van der Waals surface area contributed by atoms with Crippen LogP contribution in [-0.2, 0) is 14.8 Å². The number of nitrogens with one attached hydrogen (secondary N) is 2. The first kappa shape index (κ1) is 25.7. The van der Waals surface area contributed by atoms with Crippen molar-refractivity contribution in [2.45, 2.75) is 57.8 Å². The number of hydrogen-bond acceptors (Lipinski definition) is 4. The summed E-state index contributed by atoms with van der Waals surface area (Å²) < 4.78 is 28.8. The van der Waals surface area contributed by atoms with Crippen LogP contribution in [0.15, 0.2) is 23.1 Å². The molecule has 190 valence electrons. The minimum atomic E-state index is -3.90. The Morgan fingerprint density at radius 2 is 1.66 bits per heavy atom. The number of aromatic amines is 1. The lowest BCUT2D eigenvalue weighted by molar-refractivity contribution is -0.120. The Labute approximate surface area is 212 Å². The van der Waals surface area contributed by atoms with Gasteiger partial charge < -0.3 is 15.2 Å². The predicted molar refractivity (Wildman–Crippen MR) is 136 cm³/mol. The lowest BCUT2D eigenvalue weighted by atomic mass is 9.97. The predicted octanol–water partition coefficient (Wildman–Crippen LogP) is 4.26. The molecule has 3 heterocycles. The molecule has 8 nitrogen and oxygen atoms in total. The standard InChI is InChI=1S/C25H33ClN4O4S/c1-16-20(26)8-7-9-21(16)28-24(31)19-10-14-30(15-11-19)35(33,34)23-18(3)27-17(2)22(23)25(32)29-12-5-4-6-13-29/h7-9,19,27H,4-6,10-15H2,1-3H3,(H,28,31). The zero-order valence-electron chi connectivity index (χ0n) is 20.5. The summed E-state index contributed by atoms with van der Waals surface area (Å²) in [6, 6.07) is 5.35. The number of carbonyl (C=O) groups excluding carboxylic acids is 2. The third kappa shape index (κ3) is 5.13. The highest BCUT2D eigenvalue weighted by Crippen LogP contribution is 2.32. The molecule has 0 spiro atoms. The second kappa shape index (κ2) is 10.3. The van der Waals surface area contributed by atoms with Crippen molar-refractivity contribution in [3.8, 4) is 0 Å². The molecular formula is C25H33ClN4O4S. The number of rotatable bonds is 5. The molecule has 2 saturated heterocycles. The van der Waals surface area contributed by atoms with Crippen LogP contribution in [0, 0.1) is 26.7 Å². The quantitative estimate of drug-likeness (QED) is 0.614. The fraction of sp³-hybridized carbons (Fsp3) is 0.520. The van der Waals surface area contributed by atoms with Gasteiger partial charge in [0.15, 0.2) is 0 Å². The molecule has 1 aromatic heterocycles. The van der Waals surface area contributed by atoms with E-state index in [9.17, 15) is 18.0 Å². The van der Waals surface area contributed by atoms with Gasteiger partial charge in [-0.1, -0.05) is 17.7 Å². The van der Waals surface area contributed by atoms with E-state index in [0.717, 1.165) is 24.8 Å². The van der Waals surface area contributed by atoms with E-state index in [0.29, 0.717) is 48.0 Å². The number of halogens is 1. The molecule has 10 heteroatoms. The summed E-state index contributed by atoms with van der Waals surface area (Å²) in [5, 5.41) is 3.51. The van der Waals surface area contributed by atoms with Crippen molar-refractivity contribution in [1.29, 1.82) is 0 Å².